The molecule has 1 aliphatic heterocycles. The Labute approximate surface area is 137 Å². The zero-order valence-electron chi connectivity index (χ0n) is 12.9. The van der Waals surface area contributed by atoms with Crippen LogP contribution in [0.4, 0.5) is 19.4 Å². The van der Waals surface area contributed by atoms with Crippen LogP contribution >= 0.6 is 0 Å². The zero-order valence-corrected chi connectivity index (χ0v) is 12.9. The van der Waals surface area contributed by atoms with Crippen molar-refractivity contribution in [2.45, 2.75) is 18.9 Å². The van der Waals surface area contributed by atoms with E-state index in [2.05, 4.69) is 20.8 Å². The molecule has 24 heavy (non-hydrogen) atoms. The number of carbonyl (C=O) groups is 1. The van der Waals surface area contributed by atoms with Gasteiger partial charge in [0.15, 0.2) is 5.82 Å². The van der Waals surface area contributed by atoms with E-state index in [4.69, 9.17) is 0 Å². The van der Waals surface area contributed by atoms with Gasteiger partial charge < -0.3 is 5.32 Å². The average Bonchev–Trinajstić information content (AvgIpc) is 3.17. The predicted molar refractivity (Wildman–Crippen MR) is 84.4 cm³/mol. The van der Waals surface area contributed by atoms with E-state index < -0.39 is 12.5 Å². The summed E-state index contributed by atoms with van der Waals surface area (Å²) in [7, 11) is 0. The first-order chi connectivity index (χ1) is 11.6. The maximum Gasteiger partial charge on any atom is 0.320 e. The molecule has 2 amide bonds. The number of nitrogens with zero attached hydrogens (tertiary/aromatic N) is 4. The Morgan fingerprint density at radius 2 is 2.12 bits per heavy atom. The lowest BCUT2D eigenvalue weighted by atomic mass is 10.3. The number of para-hydroxylation sites is 1. The van der Waals surface area contributed by atoms with E-state index in [1.807, 2.05) is 30.3 Å². The lowest BCUT2D eigenvalue weighted by molar-refractivity contribution is 0.0988. The summed E-state index contributed by atoms with van der Waals surface area (Å²) < 4.78 is 24.7. The first kappa shape index (κ1) is 16.3. The van der Waals surface area contributed by atoms with E-state index in [-0.39, 0.29) is 12.6 Å². The minimum atomic E-state index is -2.36. The topological polar surface area (TPSA) is 75.1 Å². The number of nitrogens with one attached hydrogen (secondary N) is 2. The number of carbonyl (C=O) groups excluding carboxylic acids is 1. The van der Waals surface area contributed by atoms with Crippen LogP contribution in [0.2, 0.25) is 0 Å². The van der Waals surface area contributed by atoms with Gasteiger partial charge in [0.2, 0.25) is 0 Å². The SMILES string of the molecule is O=C(Nc1cnn(-c2ccccc2)n1)NC1CCN(CC(F)F)C1. The number of hydrogen-bond acceptors (Lipinski definition) is 4. The summed E-state index contributed by atoms with van der Waals surface area (Å²) in [5, 5.41) is 13.6. The monoisotopic (exact) mass is 336 g/mol. The molecule has 9 heteroatoms. The molecule has 128 valence electrons. The molecule has 1 unspecified atom stereocenters. The maximum atomic E-state index is 12.3. The van der Waals surface area contributed by atoms with Gasteiger partial charge in [-0.05, 0) is 18.6 Å². The Balaban J connectivity index is 1.50. The lowest BCUT2D eigenvalue weighted by Crippen LogP contribution is -2.40. The van der Waals surface area contributed by atoms with Crippen LogP contribution in [-0.4, -0.2) is 58.0 Å². The number of amides is 2. The summed E-state index contributed by atoms with van der Waals surface area (Å²) in [5.74, 6) is 0.318. The van der Waals surface area contributed by atoms with Gasteiger partial charge in [-0.25, -0.2) is 13.6 Å². The van der Waals surface area contributed by atoms with Crippen LogP contribution < -0.4 is 10.6 Å². The molecule has 1 aliphatic rings. The van der Waals surface area contributed by atoms with E-state index in [0.29, 0.717) is 25.3 Å². The molecule has 0 spiro atoms. The quantitative estimate of drug-likeness (QED) is 0.872. The van der Waals surface area contributed by atoms with Gasteiger partial charge in [-0.2, -0.15) is 5.10 Å². The molecular formula is C15H18F2N6O. The fraction of sp³-hybridized carbons (Fsp3) is 0.400. The number of likely N-dealkylation sites (tertiary alicyclic amines) is 1. The van der Waals surface area contributed by atoms with Crippen molar-refractivity contribution in [3.8, 4) is 5.69 Å². The van der Waals surface area contributed by atoms with E-state index in [0.717, 1.165) is 5.69 Å². The molecule has 2 aromatic rings. The highest BCUT2D eigenvalue weighted by atomic mass is 19.3. The van der Waals surface area contributed by atoms with E-state index in [1.165, 1.54) is 11.0 Å². The lowest BCUT2D eigenvalue weighted by Gasteiger charge is -2.15. The Morgan fingerprint density at radius 3 is 2.88 bits per heavy atom. The van der Waals surface area contributed by atoms with Crippen molar-refractivity contribution in [3.05, 3.63) is 36.5 Å². The van der Waals surface area contributed by atoms with Crippen molar-refractivity contribution >= 4 is 11.8 Å². The highest BCUT2D eigenvalue weighted by Crippen LogP contribution is 2.12. The summed E-state index contributed by atoms with van der Waals surface area (Å²) in [4.78, 5) is 15.0. The summed E-state index contributed by atoms with van der Waals surface area (Å²) in [6.45, 7) is 0.721. The predicted octanol–water partition coefficient (Wildman–Crippen LogP) is 1.73. The summed E-state index contributed by atoms with van der Waals surface area (Å²) in [6, 6.07) is 8.75. The van der Waals surface area contributed by atoms with Crippen LogP contribution in [0.5, 0.6) is 0 Å². The fourth-order valence-electron chi connectivity index (χ4n) is 2.66. The number of aromatic nitrogens is 3. The van der Waals surface area contributed by atoms with Gasteiger partial charge in [0, 0.05) is 19.1 Å². The van der Waals surface area contributed by atoms with Gasteiger partial charge in [-0.1, -0.05) is 18.2 Å². The van der Waals surface area contributed by atoms with E-state index in [9.17, 15) is 13.6 Å². The molecule has 3 rings (SSSR count). The zero-order chi connectivity index (χ0) is 16.9. The maximum absolute atomic E-state index is 12.3. The summed E-state index contributed by atoms with van der Waals surface area (Å²) in [6.07, 6.45) is -0.258. The number of halogens is 2. The van der Waals surface area contributed by atoms with Gasteiger partial charge in [0.05, 0.1) is 18.4 Å². The number of anilines is 1. The van der Waals surface area contributed by atoms with Crippen molar-refractivity contribution in [1.29, 1.82) is 0 Å². The number of rotatable bonds is 5. The highest BCUT2D eigenvalue weighted by molar-refractivity contribution is 5.88. The van der Waals surface area contributed by atoms with Gasteiger partial charge in [0.25, 0.3) is 6.43 Å². The minimum absolute atomic E-state index is 0.145. The third-order valence-electron chi connectivity index (χ3n) is 3.72. The fourth-order valence-corrected chi connectivity index (χ4v) is 2.66. The van der Waals surface area contributed by atoms with Crippen molar-refractivity contribution in [2.24, 2.45) is 0 Å². The van der Waals surface area contributed by atoms with Crippen LogP contribution in [0, 0.1) is 0 Å². The Hall–Kier alpha value is -2.55. The molecular weight excluding hydrogens is 318 g/mol. The second-order valence-electron chi connectivity index (χ2n) is 5.59. The van der Waals surface area contributed by atoms with Crippen LogP contribution in [0.15, 0.2) is 36.5 Å². The first-order valence-electron chi connectivity index (χ1n) is 7.66. The average molecular weight is 336 g/mol. The second kappa shape index (κ2) is 7.35. The molecule has 0 saturated carbocycles. The first-order valence-corrected chi connectivity index (χ1v) is 7.66. The van der Waals surface area contributed by atoms with Crippen LogP contribution in [-0.2, 0) is 0 Å². The third kappa shape index (κ3) is 4.25. The van der Waals surface area contributed by atoms with Gasteiger partial charge in [0.1, 0.15) is 0 Å². The van der Waals surface area contributed by atoms with E-state index in [1.54, 1.807) is 4.90 Å². The van der Waals surface area contributed by atoms with Crippen molar-refractivity contribution in [2.75, 3.05) is 25.0 Å². The summed E-state index contributed by atoms with van der Waals surface area (Å²) >= 11 is 0. The molecule has 2 heterocycles. The summed E-state index contributed by atoms with van der Waals surface area (Å²) in [5.41, 5.74) is 0.782. The van der Waals surface area contributed by atoms with Crippen molar-refractivity contribution in [1.82, 2.24) is 25.2 Å². The van der Waals surface area contributed by atoms with Crippen molar-refractivity contribution < 1.29 is 13.6 Å². The van der Waals surface area contributed by atoms with Crippen LogP contribution in [0.3, 0.4) is 0 Å². The molecule has 1 aromatic carbocycles. The van der Waals surface area contributed by atoms with E-state index >= 15 is 0 Å². The molecule has 1 atom stereocenters. The standard InChI is InChI=1S/C15H18F2N6O/c16-13(17)10-22-7-6-11(9-22)19-15(24)20-14-8-18-23(21-14)12-4-2-1-3-5-12/h1-5,8,11,13H,6-7,9-10H2,(H2,19,20,21,24). The number of urea groups is 1. The molecule has 1 aromatic heterocycles. The Kier molecular flexibility index (Phi) is 4.99. The molecule has 1 fully saturated rings. The number of hydrogen-bond donors (Lipinski definition) is 2. The van der Waals surface area contributed by atoms with Gasteiger partial charge in [-0.15, -0.1) is 9.90 Å². The molecule has 1 saturated heterocycles. The smallest absolute Gasteiger partial charge is 0.320 e. The second-order valence-corrected chi connectivity index (χ2v) is 5.59. The normalized spacial score (nSPS) is 18.0. The van der Waals surface area contributed by atoms with Gasteiger partial charge >= 0.3 is 6.03 Å². The highest BCUT2D eigenvalue weighted by Gasteiger charge is 2.25. The Morgan fingerprint density at radius 1 is 1.33 bits per heavy atom. The van der Waals surface area contributed by atoms with Gasteiger partial charge in [-0.3, -0.25) is 10.2 Å². The van der Waals surface area contributed by atoms with Crippen LogP contribution in [0.1, 0.15) is 6.42 Å². The molecule has 7 nitrogen and oxygen atoms in total. The molecule has 2 N–H and O–H groups in total. The minimum Gasteiger partial charge on any atom is -0.334 e. The molecule has 0 aliphatic carbocycles. The third-order valence-corrected chi connectivity index (χ3v) is 3.72. The number of alkyl halides is 2. The van der Waals surface area contributed by atoms with Crippen LogP contribution in [0.25, 0.3) is 5.69 Å². The van der Waals surface area contributed by atoms with Crippen molar-refractivity contribution in [3.63, 3.8) is 0 Å². The Bertz CT molecular complexity index is 678. The number of benzene rings is 1. The molecule has 0 bridgehead atoms. The largest absolute Gasteiger partial charge is 0.334 e. The molecule has 0 radical (unpaired) electrons.